The largest absolute Gasteiger partial charge is 0.510 e. The Morgan fingerprint density at radius 1 is 1.56 bits per heavy atom. The number of carbonyl (C=O) groups is 1. The molecule has 0 aromatic heterocycles. The van der Waals surface area contributed by atoms with Crippen LogP contribution in [0.15, 0.2) is 22.7 Å². The van der Waals surface area contributed by atoms with Gasteiger partial charge in [-0.1, -0.05) is 6.58 Å². The summed E-state index contributed by atoms with van der Waals surface area (Å²) in [6.07, 6.45) is -1.30. The summed E-state index contributed by atoms with van der Waals surface area (Å²) in [7, 11) is 0. The maximum atomic E-state index is 11.1. The topological polar surface area (TPSA) is 66.7 Å². The fraction of sp³-hybridized carbons (Fsp3) is 0.667. The van der Waals surface area contributed by atoms with Gasteiger partial charge in [-0.25, -0.2) is 9.80 Å². The molecule has 1 rings (SSSR count). The van der Waals surface area contributed by atoms with Gasteiger partial charge in [-0.3, -0.25) is 0 Å². The Morgan fingerprint density at radius 2 is 2.25 bits per heavy atom. The normalized spacial score (nSPS) is 16.6. The predicted molar refractivity (Wildman–Crippen MR) is 55.8 cm³/mol. The summed E-state index contributed by atoms with van der Waals surface area (Å²) < 4.78 is 9.65. The number of ether oxygens (including phenoxy) is 2. The minimum Gasteiger partial charge on any atom is -0.435 e. The minimum atomic E-state index is -0.723. The van der Waals surface area contributed by atoms with Crippen molar-refractivity contribution in [1.29, 1.82) is 0 Å². The average molecular weight is 228 g/mol. The summed E-state index contributed by atoms with van der Waals surface area (Å²) in [5.41, 5.74) is 0. The van der Waals surface area contributed by atoms with Crippen molar-refractivity contribution < 1.29 is 14.3 Å². The second-order valence-electron chi connectivity index (χ2n) is 3.04. The maximum Gasteiger partial charge on any atom is 0.510 e. The zero-order chi connectivity index (χ0) is 12.1. The molecule has 7 nitrogen and oxygen atoms in total. The van der Waals surface area contributed by atoms with Crippen molar-refractivity contribution in [3.05, 3.63) is 12.4 Å². The van der Waals surface area contributed by atoms with Crippen molar-refractivity contribution in [3.63, 3.8) is 0 Å². The van der Waals surface area contributed by atoms with E-state index in [0.717, 1.165) is 0 Å². The third-order valence-corrected chi connectivity index (χ3v) is 1.95. The van der Waals surface area contributed by atoms with Gasteiger partial charge < -0.3 is 9.47 Å². The monoisotopic (exact) mass is 228 g/mol. The molecule has 0 bridgehead atoms. The zero-order valence-electron chi connectivity index (χ0n) is 9.71. The van der Waals surface area contributed by atoms with Gasteiger partial charge in [-0.05, 0) is 26.0 Å². The molecule has 0 aromatic rings. The van der Waals surface area contributed by atoms with Gasteiger partial charge in [0.15, 0.2) is 5.82 Å². The summed E-state index contributed by atoms with van der Waals surface area (Å²) in [5, 5.41) is 10.8. The molecule has 1 atom stereocenters. The molecule has 0 fully saturated rings. The van der Waals surface area contributed by atoms with E-state index < -0.39 is 12.4 Å². The van der Waals surface area contributed by atoms with Crippen LogP contribution in [0.25, 0.3) is 0 Å². The second kappa shape index (κ2) is 5.34. The number of rotatable bonds is 4. The van der Waals surface area contributed by atoms with E-state index in [0.29, 0.717) is 12.4 Å². The lowest BCUT2D eigenvalue weighted by Crippen LogP contribution is -2.42. The Morgan fingerprint density at radius 3 is 2.81 bits per heavy atom. The van der Waals surface area contributed by atoms with Gasteiger partial charge in [0, 0.05) is 6.54 Å². The molecule has 90 valence electrons. The van der Waals surface area contributed by atoms with Gasteiger partial charge in [-0.15, -0.1) is 10.2 Å². The highest BCUT2D eigenvalue weighted by atomic mass is 16.7. The van der Waals surface area contributed by atoms with Crippen molar-refractivity contribution in [3.8, 4) is 0 Å². The van der Waals surface area contributed by atoms with Crippen molar-refractivity contribution >= 4 is 6.16 Å². The Bertz CT molecular complexity index is 305. The lowest BCUT2D eigenvalue weighted by atomic mass is 10.6. The van der Waals surface area contributed by atoms with Gasteiger partial charge in [-0.2, -0.15) is 0 Å². The molecular formula is C9H16N4O3. The van der Waals surface area contributed by atoms with Gasteiger partial charge in [0.1, 0.15) is 0 Å². The lowest BCUT2D eigenvalue weighted by Gasteiger charge is -2.29. The van der Waals surface area contributed by atoms with Gasteiger partial charge in [0.05, 0.1) is 6.61 Å². The van der Waals surface area contributed by atoms with E-state index in [4.69, 9.17) is 4.74 Å². The van der Waals surface area contributed by atoms with Crippen molar-refractivity contribution in [2.24, 2.45) is 10.3 Å². The Balaban J connectivity index is 2.54. The van der Waals surface area contributed by atoms with Crippen LogP contribution in [-0.2, 0) is 9.47 Å². The van der Waals surface area contributed by atoms with Crippen LogP contribution in [0.4, 0.5) is 4.79 Å². The van der Waals surface area contributed by atoms with Crippen LogP contribution < -0.4 is 0 Å². The van der Waals surface area contributed by atoms with Gasteiger partial charge in [0.2, 0.25) is 6.23 Å². The van der Waals surface area contributed by atoms with Crippen LogP contribution in [0.5, 0.6) is 0 Å². The minimum absolute atomic E-state index is 0.275. The SMILES string of the molecule is C=C1N=NN(C(C)OC(=O)OCC)N1CC. The molecule has 0 radical (unpaired) electrons. The summed E-state index contributed by atoms with van der Waals surface area (Å²) in [6.45, 7) is 9.93. The Kier molecular flexibility index (Phi) is 4.10. The molecule has 0 spiro atoms. The molecular weight excluding hydrogens is 212 g/mol. The van der Waals surface area contributed by atoms with Crippen molar-refractivity contribution in [1.82, 2.24) is 10.1 Å². The van der Waals surface area contributed by atoms with E-state index in [1.807, 2.05) is 6.92 Å². The molecule has 16 heavy (non-hydrogen) atoms. The number of hydrogen-bond donors (Lipinski definition) is 0. The molecule has 0 saturated heterocycles. The van der Waals surface area contributed by atoms with Crippen LogP contribution in [0.3, 0.4) is 0 Å². The van der Waals surface area contributed by atoms with Gasteiger partial charge in [0.25, 0.3) is 0 Å². The maximum absolute atomic E-state index is 11.1. The first-order valence-electron chi connectivity index (χ1n) is 5.10. The molecule has 0 N–H and O–H groups in total. The predicted octanol–water partition coefficient (Wildman–Crippen LogP) is 1.90. The van der Waals surface area contributed by atoms with E-state index in [1.54, 1.807) is 18.9 Å². The first kappa shape index (κ1) is 12.3. The summed E-state index contributed by atoms with van der Waals surface area (Å²) >= 11 is 0. The van der Waals surface area contributed by atoms with Crippen LogP contribution in [0, 0.1) is 0 Å². The van der Waals surface area contributed by atoms with E-state index in [1.165, 1.54) is 5.12 Å². The number of hydrogen-bond acceptors (Lipinski definition) is 7. The summed E-state index contributed by atoms with van der Waals surface area (Å²) in [4.78, 5) is 11.1. The quantitative estimate of drug-likeness (QED) is 0.687. The van der Waals surface area contributed by atoms with Gasteiger partial charge >= 0.3 is 6.16 Å². The molecule has 1 unspecified atom stereocenters. The smallest absolute Gasteiger partial charge is 0.435 e. The first-order chi connectivity index (χ1) is 7.60. The number of hydrazine groups is 1. The van der Waals surface area contributed by atoms with E-state index in [-0.39, 0.29) is 6.61 Å². The average Bonchev–Trinajstić information content (AvgIpc) is 2.59. The third-order valence-electron chi connectivity index (χ3n) is 1.95. The standard InChI is InChI=1S/C9H16N4O3/c1-5-12-7(3)10-11-13(12)8(4)16-9(14)15-6-2/h8H,3,5-6H2,1-2,4H3. The zero-order valence-corrected chi connectivity index (χ0v) is 9.71. The highest BCUT2D eigenvalue weighted by Crippen LogP contribution is 2.20. The highest BCUT2D eigenvalue weighted by Gasteiger charge is 2.28. The molecule has 0 saturated carbocycles. The van der Waals surface area contributed by atoms with E-state index >= 15 is 0 Å². The lowest BCUT2D eigenvalue weighted by molar-refractivity contribution is -0.115. The molecule has 1 aliphatic rings. The molecule has 1 heterocycles. The summed E-state index contributed by atoms with van der Waals surface area (Å²) in [6, 6.07) is 0. The van der Waals surface area contributed by atoms with Crippen LogP contribution in [-0.4, -0.2) is 35.7 Å². The number of nitrogens with zero attached hydrogens (tertiary/aromatic N) is 4. The molecule has 0 aliphatic carbocycles. The highest BCUT2D eigenvalue weighted by molar-refractivity contribution is 5.59. The summed E-state index contributed by atoms with van der Waals surface area (Å²) in [5.74, 6) is 0.516. The molecule has 0 amide bonds. The van der Waals surface area contributed by atoms with E-state index in [9.17, 15) is 4.79 Å². The Hall–Kier alpha value is -1.79. The molecule has 0 aromatic carbocycles. The van der Waals surface area contributed by atoms with Crippen molar-refractivity contribution in [2.45, 2.75) is 27.0 Å². The van der Waals surface area contributed by atoms with Crippen LogP contribution in [0.1, 0.15) is 20.8 Å². The molecule has 7 heteroatoms. The fourth-order valence-electron chi connectivity index (χ4n) is 1.25. The number of carbonyl (C=O) groups excluding carboxylic acids is 1. The first-order valence-corrected chi connectivity index (χ1v) is 5.10. The fourth-order valence-corrected chi connectivity index (χ4v) is 1.25. The second-order valence-corrected chi connectivity index (χ2v) is 3.04. The molecule has 1 aliphatic heterocycles. The van der Waals surface area contributed by atoms with Crippen LogP contribution >= 0.6 is 0 Å². The van der Waals surface area contributed by atoms with Crippen LogP contribution in [0.2, 0.25) is 0 Å². The Labute approximate surface area is 94.3 Å². The van der Waals surface area contributed by atoms with Crippen molar-refractivity contribution in [2.75, 3.05) is 13.2 Å². The third kappa shape index (κ3) is 2.62. The van der Waals surface area contributed by atoms with E-state index in [2.05, 4.69) is 21.7 Å².